The van der Waals surface area contributed by atoms with Crippen LogP contribution in [0, 0.1) is 5.92 Å². The molecule has 0 aromatic heterocycles. The summed E-state index contributed by atoms with van der Waals surface area (Å²) in [5, 5.41) is 0. The number of halogens is 3. The zero-order chi connectivity index (χ0) is 11.6. The molecule has 88 valence electrons. The van der Waals surface area contributed by atoms with Gasteiger partial charge in [-0.3, -0.25) is 4.79 Å². The van der Waals surface area contributed by atoms with E-state index in [9.17, 15) is 18.0 Å². The minimum Gasteiger partial charge on any atom is -0.379 e. The summed E-state index contributed by atoms with van der Waals surface area (Å²) in [6.45, 7) is 2.08. The number of carbonyl (C=O) groups is 1. The van der Waals surface area contributed by atoms with Crippen molar-refractivity contribution in [3.8, 4) is 0 Å². The molecule has 2 atom stereocenters. The number of hydrogen-bond acceptors (Lipinski definition) is 2. The molecule has 1 rings (SSSR count). The van der Waals surface area contributed by atoms with Crippen molar-refractivity contribution in [1.82, 2.24) is 4.90 Å². The minimum absolute atomic E-state index is 0.0238. The average molecular weight is 225 g/mol. The van der Waals surface area contributed by atoms with Gasteiger partial charge < -0.3 is 9.64 Å². The molecule has 0 saturated carbocycles. The van der Waals surface area contributed by atoms with Gasteiger partial charge in [-0.2, -0.15) is 13.2 Å². The predicted octanol–water partition coefficient (Wildman–Crippen LogP) is 1.43. The van der Waals surface area contributed by atoms with E-state index in [0.29, 0.717) is 6.42 Å². The molecule has 2 unspecified atom stereocenters. The number of hydrogen-bond donors (Lipinski definition) is 0. The second-order valence-corrected chi connectivity index (χ2v) is 3.79. The molecule has 3 nitrogen and oxygen atoms in total. The van der Waals surface area contributed by atoms with E-state index < -0.39 is 12.1 Å². The summed E-state index contributed by atoms with van der Waals surface area (Å²) in [5.74, 6) is -1.58. The Hall–Kier alpha value is -0.780. The van der Waals surface area contributed by atoms with Crippen molar-refractivity contribution in [1.29, 1.82) is 0 Å². The molecule has 0 aliphatic carbocycles. The van der Waals surface area contributed by atoms with E-state index in [1.165, 1.54) is 7.11 Å². The Morgan fingerprint density at radius 3 is 2.53 bits per heavy atom. The normalized spacial score (nSPS) is 27.9. The molecule has 15 heavy (non-hydrogen) atoms. The summed E-state index contributed by atoms with van der Waals surface area (Å²) < 4.78 is 41.4. The zero-order valence-corrected chi connectivity index (χ0v) is 8.67. The van der Waals surface area contributed by atoms with Crippen LogP contribution in [-0.2, 0) is 9.53 Å². The van der Waals surface area contributed by atoms with E-state index in [-0.39, 0.29) is 25.1 Å². The highest BCUT2D eigenvalue weighted by Gasteiger charge is 2.44. The molecule has 1 heterocycles. The smallest absolute Gasteiger partial charge is 0.379 e. The molecule has 0 aromatic carbocycles. The van der Waals surface area contributed by atoms with E-state index in [1.54, 1.807) is 0 Å². The number of rotatable bonds is 1. The molecule has 0 radical (unpaired) electrons. The van der Waals surface area contributed by atoms with Crippen LogP contribution in [-0.4, -0.2) is 43.3 Å². The second kappa shape index (κ2) is 4.38. The molecule has 0 bridgehead atoms. The molecular weight excluding hydrogens is 211 g/mol. The molecule has 1 fully saturated rings. The fourth-order valence-corrected chi connectivity index (χ4v) is 1.70. The van der Waals surface area contributed by atoms with Crippen molar-refractivity contribution in [3.05, 3.63) is 0 Å². The second-order valence-electron chi connectivity index (χ2n) is 3.79. The zero-order valence-electron chi connectivity index (χ0n) is 8.67. The topological polar surface area (TPSA) is 29.5 Å². The lowest BCUT2D eigenvalue weighted by Crippen LogP contribution is -2.50. The van der Waals surface area contributed by atoms with E-state index in [4.69, 9.17) is 4.74 Å². The first-order valence-corrected chi connectivity index (χ1v) is 4.75. The first-order chi connectivity index (χ1) is 6.86. The summed E-state index contributed by atoms with van der Waals surface area (Å²) in [6.07, 6.45) is -4.54. The Labute approximate surface area is 86.2 Å². The Morgan fingerprint density at radius 2 is 2.07 bits per heavy atom. The first-order valence-electron chi connectivity index (χ1n) is 4.75. The van der Waals surface area contributed by atoms with Gasteiger partial charge in [0, 0.05) is 20.2 Å². The molecule has 1 aliphatic rings. The Bertz CT molecular complexity index is 242. The summed E-state index contributed by atoms with van der Waals surface area (Å²) >= 11 is 0. The number of piperidine rings is 1. The van der Waals surface area contributed by atoms with E-state index in [1.807, 2.05) is 6.92 Å². The van der Waals surface area contributed by atoms with Gasteiger partial charge in [-0.1, -0.05) is 6.92 Å². The fourth-order valence-electron chi connectivity index (χ4n) is 1.70. The molecular formula is C9H14F3NO2. The predicted molar refractivity (Wildman–Crippen MR) is 47.2 cm³/mol. The van der Waals surface area contributed by atoms with Crippen LogP contribution >= 0.6 is 0 Å². The molecule has 0 aromatic rings. The van der Waals surface area contributed by atoms with Crippen molar-refractivity contribution in [2.75, 3.05) is 20.2 Å². The third-order valence-electron chi connectivity index (χ3n) is 2.72. The SMILES string of the molecule is COC1CN(C(=O)C(F)(F)F)CCC1C. The van der Waals surface area contributed by atoms with Crippen LogP contribution in [0.4, 0.5) is 13.2 Å². The third-order valence-corrected chi connectivity index (χ3v) is 2.72. The highest BCUT2D eigenvalue weighted by Crippen LogP contribution is 2.24. The van der Waals surface area contributed by atoms with Crippen LogP contribution in [0.5, 0.6) is 0 Å². The first kappa shape index (κ1) is 12.3. The molecule has 1 amide bonds. The molecule has 1 saturated heterocycles. The van der Waals surface area contributed by atoms with Crippen molar-refractivity contribution < 1.29 is 22.7 Å². The lowest BCUT2D eigenvalue weighted by molar-refractivity contribution is -0.189. The summed E-state index contributed by atoms with van der Waals surface area (Å²) in [4.78, 5) is 11.7. The van der Waals surface area contributed by atoms with Crippen molar-refractivity contribution >= 4 is 5.91 Å². The highest BCUT2D eigenvalue weighted by molar-refractivity contribution is 5.82. The Kier molecular flexibility index (Phi) is 3.59. The van der Waals surface area contributed by atoms with E-state index in [0.717, 1.165) is 4.90 Å². The van der Waals surface area contributed by atoms with Gasteiger partial charge in [-0.15, -0.1) is 0 Å². The lowest BCUT2D eigenvalue weighted by Gasteiger charge is -2.36. The van der Waals surface area contributed by atoms with Gasteiger partial charge in [0.2, 0.25) is 0 Å². The summed E-state index contributed by atoms with van der Waals surface area (Å²) in [7, 11) is 1.45. The third kappa shape index (κ3) is 2.84. The quantitative estimate of drug-likeness (QED) is 0.675. The average Bonchev–Trinajstić information content (AvgIpc) is 2.16. The van der Waals surface area contributed by atoms with E-state index in [2.05, 4.69) is 0 Å². The molecule has 1 aliphatic heterocycles. The van der Waals surface area contributed by atoms with Crippen molar-refractivity contribution in [3.63, 3.8) is 0 Å². The minimum atomic E-state index is -4.78. The van der Waals surface area contributed by atoms with Crippen LogP contribution in [0.25, 0.3) is 0 Å². The monoisotopic (exact) mass is 225 g/mol. The van der Waals surface area contributed by atoms with Crippen LogP contribution in [0.15, 0.2) is 0 Å². The van der Waals surface area contributed by atoms with Crippen LogP contribution in [0.3, 0.4) is 0 Å². The Balaban J connectivity index is 2.62. The number of methoxy groups -OCH3 is 1. The standard InChI is InChI=1S/C9H14F3NO2/c1-6-3-4-13(5-7(6)15-2)8(14)9(10,11)12/h6-7H,3-5H2,1-2H3. The van der Waals surface area contributed by atoms with Crippen molar-refractivity contribution in [2.24, 2.45) is 5.92 Å². The van der Waals surface area contributed by atoms with Crippen LogP contribution < -0.4 is 0 Å². The molecule has 0 spiro atoms. The maximum Gasteiger partial charge on any atom is 0.471 e. The number of likely N-dealkylation sites (tertiary alicyclic amines) is 1. The highest BCUT2D eigenvalue weighted by atomic mass is 19.4. The summed E-state index contributed by atoms with van der Waals surface area (Å²) in [5.41, 5.74) is 0. The van der Waals surface area contributed by atoms with Crippen molar-refractivity contribution in [2.45, 2.75) is 25.6 Å². The van der Waals surface area contributed by atoms with Gasteiger partial charge in [0.1, 0.15) is 0 Å². The number of amides is 1. The Morgan fingerprint density at radius 1 is 1.47 bits per heavy atom. The number of nitrogens with zero attached hydrogens (tertiary/aromatic N) is 1. The maximum absolute atomic E-state index is 12.1. The molecule has 0 N–H and O–H groups in total. The van der Waals surface area contributed by atoms with Gasteiger partial charge in [-0.05, 0) is 12.3 Å². The number of ether oxygens (including phenoxy) is 1. The maximum atomic E-state index is 12.1. The van der Waals surface area contributed by atoms with Gasteiger partial charge >= 0.3 is 12.1 Å². The molecule has 6 heteroatoms. The van der Waals surface area contributed by atoms with Crippen LogP contribution in [0.2, 0.25) is 0 Å². The van der Waals surface area contributed by atoms with Crippen LogP contribution in [0.1, 0.15) is 13.3 Å². The lowest BCUT2D eigenvalue weighted by atomic mass is 9.96. The van der Waals surface area contributed by atoms with Gasteiger partial charge in [0.15, 0.2) is 0 Å². The summed E-state index contributed by atoms with van der Waals surface area (Å²) in [6, 6.07) is 0. The van der Waals surface area contributed by atoms with E-state index >= 15 is 0 Å². The number of carbonyl (C=O) groups excluding carboxylic acids is 1. The van der Waals surface area contributed by atoms with Gasteiger partial charge in [0.25, 0.3) is 0 Å². The largest absolute Gasteiger partial charge is 0.471 e. The van der Waals surface area contributed by atoms with Gasteiger partial charge in [-0.25, -0.2) is 0 Å². The number of alkyl halides is 3. The van der Waals surface area contributed by atoms with Gasteiger partial charge in [0.05, 0.1) is 6.10 Å². The fraction of sp³-hybridized carbons (Fsp3) is 0.889.